The quantitative estimate of drug-likeness (QED) is 0.683. The fourth-order valence-corrected chi connectivity index (χ4v) is 4.27. The summed E-state index contributed by atoms with van der Waals surface area (Å²) < 4.78 is 5.55. The molecule has 1 fully saturated rings. The molecule has 3 aromatic rings. The van der Waals surface area contributed by atoms with Crippen LogP contribution in [0.1, 0.15) is 28.2 Å². The van der Waals surface area contributed by atoms with E-state index in [0.29, 0.717) is 0 Å². The Hall–Kier alpha value is -2.46. The van der Waals surface area contributed by atoms with Crippen molar-refractivity contribution in [3.05, 3.63) is 107 Å². The first-order valence-corrected chi connectivity index (χ1v) is 10.4. The minimum absolute atomic E-state index is 0.105. The molecule has 0 amide bonds. The Bertz CT molecular complexity index is 889. The molecule has 1 aliphatic rings. The average Bonchev–Trinajstić information content (AvgIpc) is 2.79. The maximum absolute atomic E-state index is 12.4. The summed E-state index contributed by atoms with van der Waals surface area (Å²) in [5.74, 6) is -0.105. The molecule has 4 rings (SSSR count). The molecule has 1 aliphatic heterocycles. The van der Waals surface area contributed by atoms with E-state index in [1.807, 2.05) is 36.4 Å². The number of hydrogen-bond acceptors (Lipinski definition) is 3. The standard InChI is InChI=1S/C26H29NO2/c1-21-12-14-24(15-13-21)26(28,23-10-6-3-7-11-23)25(22-8-4-2-5-9-22)20-27-16-18-29-19-17-27/h2-15,25,28H,16-20H2,1H3/t25-,26-/m1/s1. The van der Waals surface area contributed by atoms with Gasteiger partial charge in [-0.05, 0) is 23.6 Å². The molecule has 0 unspecified atom stereocenters. The van der Waals surface area contributed by atoms with Gasteiger partial charge >= 0.3 is 0 Å². The fraction of sp³-hybridized carbons (Fsp3) is 0.308. The number of nitrogens with zero attached hydrogens (tertiary/aromatic N) is 1. The molecule has 0 saturated carbocycles. The summed E-state index contributed by atoms with van der Waals surface area (Å²) >= 11 is 0. The smallest absolute Gasteiger partial charge is 0.123 e. The normalized spacial score (nSPS) is 18.1. The third-order valence-electron chi connectivity index (χ3n) is 5.96. The van der Waals surface area contributed by atoms with E-state index in [-0.39, 0.29) is 5.92 Å². The van der Waals surface area contributed by atoms with Crippen LogP contribution in [0.3, 0.4) is 0 Å². The molecule has 1 N–H and O–H groups in total. The number of hydrogen-bond donors (Lipinski definition) is 1. The monoisotopic (exact) mass is 387 g/mol. The van der Waals surface area contributed by atoms with Gasteiger partial charge in [-0.1, -0.05) is 90.5 Å². The van der Waals surface area contributed by atoms with Crippen LogP contribution in [0.4, 0.5) is 0 Å². The van der Waals surface area contributed by atoms with Gasteiger partial charge in [0.15, 0.2) is 0 Å². The molecule has 2 atom stereocenters. The molecular weight excluding hydrogens is 358 g/mol. The number of aliphatic hydroxyl groups is 1. The Morgan fingerprint density at radius 3 is 2.00 bits per heavy atom. The highest BCUT2D eigenvalue weighted by molar-refractivity contribution is 5.42. The number of rotatable bonds is 6. The van der Waals surface area contributed by atoms with E-state index >= 15 is 0 Å². The fourth-order valence-electron chi connectivity index (χ4n) is 4.27. The molecule has 3 nitrogen and oxygen atoms in total. The summed E-state index contributed by atoms with van der Waals surface area (Å²) in [6, 6.07) is 28.8. The number of ether oxygens (including phenoxy) is 1. The minimum Gasteiger partial charge on any atom is -0.380 e. The van der Waals surface area contributed by atoms with E-state index in [0.717, 1.165) is 49.5 Å². The van der Waals surface area contributed by atoms with Gasteiger partial charge in [-0.15, -0.1) is 0 Å². The highest BCUT2D eigenvalue weighted by Crippen LogP contribution is 2.43. The van der Waals surface area contributed by atoms with Gasteiger partial charge in [-0.3, -0.25) is 4.90 Å². The van der Waals surface area contributed by atoms with Crippen molar-refractivity contribution >= 4 is 0 Å². The molecule has 29 heavy (non-hydrogen) atoms. The van der Waals surface area contributed by atoms with Crippen molar-refractivity contribution in [3.63, 3.8) is 0 Å². The van der Waals surface area contributed by atoms with Crippen LogP contribution in [0.25, 0.3) is 0 Å². The Morgan fingerprint density at radius 2 is 1.38 bits per heavy atom. The summed E-state index contributed by atoms with van der Waals surface area (Å²) in [5.41, 5.74) is 3.05. The first kappa shape index (κ1) is 19.8. The average molecular weight is 388 g/mol. The molecule has 3 heteroatoms. The molecule has 0 bridgehead atoms. The van der Waals surface area contributed by atoms with Gasteiger partial charge in [-0.2, -0.15) is 0 Å². The lowest BCUT2D eigenvalue weighted by molar-refractivity contribution is 0.000764. The third-order valence-corrected chi connectivity index (χ3v) is 5.96. The maximum atomic E-state index is 12.4. The van der Waals surface area contributed by atoms with Gasteiger partial charge in [0.1, 0.15) is 5.60 Å². The highest BCUT2D eigenvalue weighted by atomic mass is 16.5. The minimum atomic E-state index is -1.13. The summed E-state index contributed by atoms with van der Waals surface area (Å²) in [7, 11) is 0. The molecule has 0 aliphatic carbocycles. The van der Waals surface area contributed by atoms with Gasteiger partial charge in [0.25, 0.3) is 0 Å². The Morgan fingerprint density at radius 1 is 0.828 bits per heavy atom. The molecule has 0 aromatic heterocycles. The summed E-state index contributed by atoms with van der Waals surface area (Å²) in [5, 5.41) is 12.4. The second-order valence-electron chi connectivity index (χ2n) is 7.87. The van der Waals surface area contributed by atoms with E-state index in [1.165, 1.54) is 5.56 Å². The van der Waals surface area contributed by atoms with Crippen LogP contribution in [0.2, 0.25) is 0 Å². The van der Waals surface area contributed by atoms with Crippen LogP contribution < -0.4 is 0 Å². The first-order chi connectivity index (χ1) is 14.2. The Balaban J connectivity index is 1.84. The van der Waals surface area contributed by atoms with Crippen molar-refractivity contribution in [1.29, 1.82) is 0 Å². The van der Waals surface area contributed by atoms with Gasteiger partial charge in [0.05, 0.1) is 13.2 Å². The van der Waals surface area contributed by atoms with Gasteiger partial charge in [0.2, 0.25) is 0 Å². The predicted octanol–water partition coefficient (Wildman–Crippen LogP) is 4.35. The SMILES string of the molecule is Cc1ccc([C@](O)(c2ccccc2)[C@H](CN2CCOCC2)c2ccccc2)cc1. The molecule has 0 radical (unpaired) electrons. The maximum Gasteiger partial charge on any atom is 0.123 e. The second-order valence-corrected chi connectivity index (χ2v) is 7.87. The predicted molar refractivity (Wildman–Crippen MR) is 117 cm³/mol. The van der Waals surface area contributed by atoms with Gasteiger partial charge in [-0.25, -0.2) is 0 Å². The summed E-state index contributed by atoms with van der Waals surface area (Å²) in [6.07, 6.45) is 0. The van der Waals surface area contributed by atoms with E-state index in [4.69, 9.17) is 4.74 Å². The topological polar surface area (TPSA) is 32.7 Å². The summed E-state index contributed by atoms with van der Waals surface area (Å²) in [4.78, 5) is 2.41. The molecular formula is C26H29NO2. The Labute approximate surface area is 173 Å². The van der Waals surface area contributed by atoms with E-state index in [1.54, 1.807) is 0 Å². The van der Waals surface area contributed by atoms with Crippen molar-refractivity contribution in [1.82, 2.24) is 4.90 Å². The van der Waals surface area contributed by atoms with Crippen molar-refractivity contribution in [3.8, 4) is 0 Å². The van der Waals surface area contributed by atoms with Crippen molar-refractivity contribution in [2.45, 2.75) is 18.4 Å². The van der Waals surface area contributed by atoms with Crippen LogP contribution in [0.15, 0.2) is 84.9 Å². The number of morpholine rings is 1. The Kier molecular flexibility index (Phi) is 6.10. The van der Waals surface area contributed by atoms with Crippen LogP contribution >= 0.6 is 0 Å². The lowest BCUT2D eigenvalue weighted by Gasteiger charge is -2.41. The summed E-state index contributed by atoms with van der Waals surface area (Å²) in [6.45, 7) is 6.12. The van der Waals surface area contributed by atoms with Gasteiger partial charge < -0.3 is 9.84 Å². The first-order valence-electron chi connectivity index (χ1n) is 10.4. The third kappa shape index (κ3) is 4.27. The zero-order chi connectivity index (χ0) is 20.1. The van der Waals surface area contributed by atoms with Crippen LogP contribution in [-0.4, -0.2) is 42.9 Å². The number of aryl methyl sites for hydroxylation is 1. The van der Waals surface area contributed by atoms with Crippen molar-refractivity contribution < 1.29 is 9.84 Å². The lowest BCUT2D eigenvalue weighted by atomic mass is 9.72. The molecule has 1 saturated heterocycles. The largest absolute Gasteiger partial charge is 0.380 e. The van der Waals surface area contributed by atoms with E-state index < -0.39 is 5.60 Å². The van der Waals surface area contributed by atoms with Crippen molar-refractivity contribution in [2.75, 3.05) is 32.8 Å². The zero-order valence-corrected chi connectivity index (χ0v) is 17.0. The second kappa shape index (κ2) is 8.91. The molecule has 0 spiro atoms. The molecule has 3 aromatic carbocycles. The van der Waals surface area contributed by atoms with E-state index in [2.05, 4.69) is 60.4 Å². The highest BCUT2D eigenvalue weighted by Gasteiger charge is 2.42. The molecule has 150 valence electrons. The number of benzene rings is 3. The van der Waals surface area contributed by atoms with Crippen LogP contribution in [0, 0.1) is 6.92 Å². The lowest BCUT2D eigenvalue weighted by Crippen LogP contribution is -2.45. The van der Waals surface area contributed by atoms with Gasteiger partial charge in [0, 0.05) is 25.6 Å². The van der Waals surface area contributed by atoms with Crippen LogP contribution in [0.5, 0.6) is 0 Å². The zero-order valence-electron chi connectivity index (χ0n) is 17.0. The van der Waals surface area contributed by atoms with Crippen molar-refractivity contribution in [2.24, 2.45) is 0 Å². The molecule has 1 heterocycles. The van der Waals surface area contributed by atoms with Crippen LogP contribution in [-0.2, 0) is 10.3 Å². The van der Waals surface area contributed by atoms with E-state index in [9.17, 15) is 5.11 Å².